The summed E-state index contributed by atoms with van der Waals surface area (Å²) in [5, 5.41) is 21.0. The number of ether oxygens (including phenoxy) is 1. The number of fused-ring (bicyclic) bond motifs is 3. The fraction of sp³-hybridized carbons (Fsp3) is 0.667. The number of hydrogen-bond acceptors (Lipinski definition) is 6. The van der Waals surface area contributed by atoms with Crippen molar-refractivity contribution in [2.75, 3.05) is 0 Å². The lowest BCUT2D eigenvalue weighted by Gasteiger charge is -2.38. The van der Waals surface area contributed by atoms with E-state index in [1.54, 1.807) is 33.8 Å². The van der Waals surface area contributed by atoms with Gasteiger partial charge in [-0.15, -0.1) is 0 Å². The Labute approximate surface area is 195 Å². The van der Waals surface area contributed by atoms with Crippen molar-refractivity contribution in [2.45, 2.75) is 96.6 Å². The summed E-state index contributed by atoms with van der Waals surface area (Å²) in [4.78, 5) is 23.0. The van der Waals surface area contributed by atoms with Gasteiger partial charge in [0.2, 0.25) is 0 Å². The van der Waals surface area contributed by atoms with E-state index >= 15 is 0 Å². The van der Waals surface area contributed by atoms with Crippen molar-refractivity contribution in [1.29, 1.82) is 0 Å². The molecule has 3 atom stereocenters. The Hall–Kier alpha value is -2.10. The first-order valence-electron chi connectivity index (χ1n) is 11.8. The van der Waals surface area contributed by atoms with E-state index in [9.17, 15) is 14.9 Å². The molecule has 1 amide bonds. The topological polar surface area (TPSA) is 108 Å². The number of aromatic nitrogens is 2. The van der Waals surface area contributed by atoms with Gasteiger partial charge >= 0.3 is 13.2 Å². The Morgan fingerprint density at radius 2 is 1.88 bits per heavy atom. The van der Waals surface area contributed by atoms with Gasteiger partial charge in [-0.2, -0.15) is 0 Å². The zero-order valence-corrected chi connectivity index (χ0v) is 20.7. The molecule has 2 aliphatic rings. The molecule has 0 spiro atoms. The van der Waals surface area contributed by atoms with E-state index in [1.165, 1.54) is 0 Å². The van der Waals surface area contributed by atoms with Crippen molar-refractivity contribution < 1.29 is 24.3 Å². The minimum atomic E-state index is -1.21. The number of carbonyl (C=O) groups excluding carboxylic acids is 1. The lowest BCUT2D eigenvalue weighted by Crippen LogP contribution is -2.53. The molecular formula is C24H36BN3O5. The summed E-state index contributed by atoms with van der Waals surface area (Å²) < 4.78 is 11.5. The second kappa shape index (κ2) is 7.99. The van der Waals surface area contributed by atoms with E-state index in [2.05, 4.69) is 4.98 Å². The van der Waals surface area contributed by atoms with E-state index in [4.69, 9.17) is 14.4 Å². The molecule has 0 radical (unpaired) electrons. The number of hydrogen-bond donors (Lipinski definition) is 3. The van der Waals surface area contributed by atoms with Crippen LogP contribution in [0.25, 0.3) is 11.0 Å². The molecule has 180 valence electrons. The minimum Gasteiger partial charge on any atom is -0.444 e. The van der Waals surface area contributed by atoms with Crippen LogP contribution in [-0.2, 0) is 9.39 Å². The highest BCUT2D eigenvalue weighted by atomic mass is 16.6. The van der Waals surface area contributed by atoms with Crippen molar-refractivity contribution in [3.05, 3.63) is 24.0 Å². The Morgan fingerprint density at radius 3 is 2.52 bits per heavy atom. The highest BCUT2D eigenvalue weighted by molar-refractivity contribution is 6.60. The molecule has 2 bridgehead atoms. The maximum Gasteiger partial charge on any atom is 0.491 e. The lowest BCUT2D eigenvalue weighted by molar-refractivity contribution is -0.0982. The van der Waals surface area contributed by atoms with Gasteiger partial charge in [-0.05, 0) is 91.2 Å². The van der Waals surface area contributed by atoms with Crippen LogP contribution in [0.1, 0.15) is 79.6 Å². The number of aliphatic hydroxyl groups is 1. The molecule has 2 fully saturated rings. The van der Waals surface area contributed by atoms with Gasteiger partial charge in [-0.3, -0.25) is 4.90 Å². The normalized spacial score (nSPS) is 23.4. The van der Waals surface area contributed by atoms with E-state index in [1.807, 2.05) is 37.8 Å². The zero-order valence-electron chi connectivity index (χ0n) is 20.7. The van der Waals surface area contributed by atoms with E-state index in [0.29, 0.717) is 11.4 Å². The van der Waals surface area contributed by atoms with Crippen LogP contribution in [-0.4, -0.2) is 61.1 Å². The molecule has 33 heavy (non-hydrogen) atoms. The Kier molecular flexibility index (Phi) is 5.82. The number of nitrogens with zero attached hydrogens (tertiary/aromatic N) is 2. The van der Waals surface area contributed by atoms with Crippen LogP contribution in [0.3, 0.4) is 0 Å². The molecular weight excluding hydrogens is 421 g/mol. The van der Waals surface area contributed by atoms with Crippen molar-refractivity contribution >= 4 is 29.7 Å². The predicted molar refractivity (Wildman–Crippen MR) is 127 cm³/mol. The molecule has 1 aromatic heterocycles. The van der Waals surface area contributed by atoms with Crippen LogP contribution in [0.15, 0.2) is 18.2 Å². The van der Waals surface area contributed by atoms with Crippen LogP contribution < -0.4 is 5.46 Å². The highest BCUT2D eigenvalue weighted by Crippen LogP contribution is 2.50. The Morgan fingerprint density at radius 1 is 1.18 bits per heavy atom. The Bertz CT molecular complexity index is 1040. The van der Waals surface area contributed by atoms with Crippen molar-refractivity contribution in [1.82, 2.24) is 14.9 Å². The second-order valence-corrected chi connectivity index (χ2v) is 11.5. The number of likely N-dealkylation sites (tertiary alicyclic amines) is 1. The SMILES string of the molecule is CC(C)(C)OC(=O)N1[C@@H]2CC[C@@H](C2)[C@H]1c1nc2ccc(B(O)OC(C)(C)C(C)(C)O)cc2[nH]1. The number of nitrogens with one attached hydrogen (secondary N) is 1. The summed E-state index contributed by atoms with van der Waals surface area (Å²) in [5.41, 5.74) is -0.567. The average molecular weight is 457 g/mol. The summed E-state index contributed by atoms with van der Waals surface area (Å²) in [5.74, 6) is 1.09. The maximum atomic E-state index is 13.0. The molecule has 8 nitrogen and oxygen atoms in total. The van der Waals surface area contributed by atoms with Gasteiger partial charge in [0.15, 0.2) is 0 Å². The number of benzene rings is 1. The Balaban J connectivity index is 1.60. The fourth-order valence-corrected chi connectivity index (χ4v) is 4.75. The molecule has 1 saturated carbocycles. The summed E-state index contributed by atoms with van der Waals surface area (Å²) >= 11 is 0. The third-order valence-electron chi connectivity index (χ3n) is 7.16. The molecule has 0 unspecified atom stereocenters. The van der Waals surface area contributed by atoms with Crippen LogP contribution >= 0.6 is 0 Å². The van der Waals surface area contributed by atoms with Gasteiger partial charge in [0.05, 0.1) is 28.3 Å². The second-order valence-electron chi connectivity index (χ2n) is 11.5. The summed E-state index contributed by atoms with van der Waals surface area (Å²) in [6, 6.07) is 5.44. The molecule has 2 heterocycles. The third-order valence-corrected chi connectivity index (χ3v) is 7.16. The summed E-state index contributed by atoms with van der Waals surface area (Å²) in [6.45, 7) is 12.4. The summed E-state index contributed by atoms with van der Waals surface area (Å²) in [6.07, 6.45) is 2.73. The third kappa shape index (κ3) is 4.63. The first kappa shape index (κ1) is 24.0. The fourth-order valence-electron chi connectivity index (χ4n) is 4.75. The first-order valence-corrected chi connectivity index (χ1v) is 11.8. The molecule has 1 aliphatic heterocycles. The number of carbonyl (C=O) groups is 1. The number of piperidine rings is 1. The molecule has 1 aliphatic carbocycles. The quantitative estimate of drug-likeness (QED) is 0.595. The number of imidazole rings is 1. The van der Waals surface area contributed by atoms with E-state index < -0.39 is 23.9 Å². The smallest absolute Gasteiger partial charge is 0.444 e. The minimum absolute atomic E-state index is 0.148. The van der Waals surface area contributed by atoms with Crippen LogP contribution in [0.4, 0.5) is 4.79 Å². The maximum absolute atomic E-state index is 13.0. The molecule has 1 saturated heterocycles. The molecule has 3 N–H and O–H groups in total. The predicted octanol–water partition coefficient (Wildman–Crippen LogP) is 3.28. The summed E-state index contributed by atoms with van der Waals surface area (Å²) in [7, 11) is -1.21. The largest absolute Gasteiger partial charge is 0.491 e. The van der Waals surface area contributed by atoms with Crippen molar-refractivity contribution in [2.24, 2.45) is 5.92 Å². The van der Waals surface area contributed by atoms with Gasteiger partial charge in [-0.25, -0.2) is 9.78 Å². The first-order chi connectivity index (χ1) is 15.2. The molecule has 2 aromatic rings. The van der Waals surface area contributed by atoms with E-state index in [-0.39, 0.29) is 18.2 Å². The average Bonchev–Trinajstić information content (AvgIpc) is 3.38. The van der Waals surface area contributed by atoms with Gasteiger partial charge in [-0.1, -0.05) is 6.07 Å². The number of H-pyrrole nitrogens is 1. The monoisotopic (exact) mass is 457 g/mol. The lowest BCUT2D eigenvalue weighted by atomic mass is 9.76. The van der Waals surface area contributed by atoms with Gasteiger partial charge in [0, 0.05) is 6.04 Å². The van der Waals surface area contributed by atoms with Gasteiger partial charge in [0.1, 0.15) is 11.4 Å². The highest BCUT2D eigenvalue weighted by Gasteiger charge is 2.51. The van der Waals surface area contributed by atoms with E-state index in [0.717, 1.165) is 36.1 Å². The van der Waals surface area contributed by atoms with Gasteiger partial charge < -0.3 is 24.5 Å². The van der Waals surface area contributed by atoms with Crippen LogP contribution in [0, 0.1) is 5.92 Å². The number of rotatable bonds is 5. The molecule has 9 heteroatoms. The molecule has 1 aromatic carbocycles. The van der Waals surface area contributed by atoms with Gasteiger partial charge in [0.25, 0.3) is 0 Å². The molecule has 4 rings (SSSR count). The number of amides is 1. The zero-order chi connectivity index (χ0) is 24.3. The van der Waals surface area contributed by atoms with Crippen molar-refractivity contribution in [3.8, 4) is 0 Å². The van der Waals surface area contributed by atoms with Crippen LogP contribution in [0.5, 0.6) is 0 Å². The standard InChI is InChI=1S/C24H36BN3O5/c1-22(2,3)32-21(29)28-16-10-8-14(12-16)19(28)20-26-17-11-9-15(13-18(17)27-20)25(31)33-24(6,7)23(4,5)30/h9,11,13-14,16,19,30-31H,8,10,12H2,1-7H3,(H,26,27)/t14-,16+,19-/m0/s1. The van der Waals surface area contributed by atoms with Crippen LogP contribution in [0.2, 0.25) is 0 Å². The van der Waals surface area contributed by atoms with Crippen molar-refractivity contribution in [3.63, 3.8) is 0 Å². The number of aromatic amines is 1.